The van der Waals surface area contributed by atoms with Crippen molar-refractivity contribution in [2.24, 2.45) is 0 Å². The standard InChI is InChI=1S/C17H16F2N4O2/c1-11-20-6-4-15(21-11)23-10-25-14-8-12(2-3-13(14)23)16(24)22-7-5-17(18,19)9-22/h2-4,6,8H,5,7,9-10H2,1H3. The van der Waals surface area contributed by atoms with Crippen LogP contribution < -0.4 is 9.64 Å². The number of hydrogen-bond donors (Lipinski definition) is 0. The minimum Gasteiger partial charge on any atom is -0.470 e. The Bertz CT molecular complexity index is 843. The summed E-state index contributed by atoms with van der Waals surface area (Å²) < 4.78 is 32.3. The molecule has 8 heteroatoms. The molecule has 2 aromatic rings. The molecule has 130 valence electrons. The number of likely N-dealkylation sites (tertiary alicyclic amines) is 1. The second-order valence-corrected chi connectivity index (χ2v) is 6.18. The van der Waals surface area contributed by atoms with Gasteiger partial charge in [-0.05, 0) is 31.2 Å². The monoisotopic (exact) mass is 346 g/mol. The predicted molar refractivity (Wildman–Crippen MR) is 86.3 cm³/mol. The first-order valence-corrected chi connectivity index (χ1v) is 7.94. The van der Waals surface area contributed by atoms with Gasteiger partial charge < -0.3 is 9.64 Å². The lowest BCUT2D eigenvalue weighted by Gasteiger charge is -2.17. The van der Waals surface area contributed by atoms with Gasteiger partial charge in [0.05, 0.1) is 12.2 Å². The molecule has 0 bridgehead atoms. The van der Waals surface area contributed by atoms with Crippen LogP contribution in [0.15, 0.2) is 30.5 Å². The van der Waals surface area contributed by atoms with Crippen LogP contribution in [0.1, 0.15) is 22.6 Å². The summed E-state index contributed by atoms with van der Waals surface area (Å²) in [6, 6.07) is 6.76. The van der Waals surface area contributed by atoms with Gasteiger partial charge in [-0.25, -0.2) is 18.7 Å². The topological polar surface area (TPSA) is 58.6 Å². The number of fused-ring (bicyclic) bond motifs is 1. The van der Waals surface area contributed by atoms with Crippen molar-refractivity contribution >= 4 is 17.4 Å². The van der Waals surface area contributed by atoms with E-state index in [0.717, 1.165) is 5.69 Å². The van der Waals surface area contributed by atoms with Crippen molar-refractivity contribution in [3.8, 4) is 5.75 Å². The van der Waals surface area contributed by atoms with E-state index in [9.17, 15) is 13.6 Å². The molecule has 1 fully saturated rings. The summed E-state index contributed by atoms with van der Waals surface area (Å²) in [7, 11) is 0. The maximum absolute atomic E-state index is 13.3. The van der Waals surface area contributed by atoms with Gasteiger partial charge in [0, 0.05) is 24.7 Å². The summed E-state index contributed by atoms with van der Waals surface area (Å²) >= 11 is 0. The molecule has 3 heterocycles. The second-order valence-electron chi connectivity index (χ2n) is 6.18. The van der Waals surface area contributed by atoms with E-state index in [2.05, 4.69) is 9.97 Å². The van der Waals surface area contributed by atoms with Crippen molar-refractivity contribution in [3.63, 3.8) is 0 Å². The summed E-state index contributed by atoms with van der Waals surface area (Å²) in [6.07, 6.45) is 1.38. The number of anilines is 2. The van der Waals surface area contributed by atoms with Crippen molar-refractivity contribution < 1.29 is 18.3 Å². The number of benzene rings is 1. The number of amides is 1. The van der Waals surface area contributed by atoms with Crippen LogP contribution in [0.3, 0.4) is 0 Å². The highest BCUT2D eigenvalue weighted by molar-refractivity contribution is 5.96. The zero-order chi connectivity index (χ0) is 17.6. The molecule has 4 rings (SSSR count). The Balaban J connectivity index is 1.58. The van der Waals surface area contributed by atoms with Crippen LogP contribution in [-0.4, -0.2) is 46.5 Å². The molecule has 0 spiro atoms. The quantitative estimate of drug-likeness (QED) is 0.837. The highest BCUT2D eigenvalue weighted by atomic mass is 19.3. The Labute approximate surface area is 143 Å². The van der Waals surface area contributed by atoms with E-state index >= 15 is 0 Å². The lowest BCUT2D eigenvalue weighted by molar-refractivity contribution is 0.0120. The van der Waals surface area contributed by atoms with Crippen LogP contribution in [0, 0.1) is 6.92 Å². The molecule has 1 saturated heterocycles. The van der Waals surface area contributed by atoms with E-state index < -0.39 is 18.4 Å². The molecule has 1 amide bonds. The van der Waals surface area contributed by atoms with Gasteiger partial charge in [0.15, 0.2) is 6.73 Å². The molecule has 6 nitrogen and oxygen atoms in total. The van der Waals surface area contributed by atoms with Crippen LogP contribution in [0.4, 0.5) is 20.3 Å². The number of carbonyl (C=O) groups is 1. The minimum atomic E-state index is -2.80. The third-order valence-electron chi connectivity index (χ3n) is 4.34. The highest BCUT2D eigenvalue weighted by Crippen LogP contribution is 2.39. The first-order valence-electron chi connectivity index (χ1n) is 7.94. The normalized spacial score (nSPS) is 18.2. The molecular formula is C17H16F2N4O2. The fourth-order valence-electron chi connectivity index (χ4n) is 3.06. The summed E-state index contributed by atoms with van der Waals surface area (Å²) in [6.45, 7) is 1.60. The van der Waals surface area contributed by atoms with E-state index in [1.165, 1.54) is 4.90 Å². The second kappa shape index (κ2) is 5.65. The van der Waals surface area contributed by atoms with Crippen LogP contribution >= 0.6 is 0 Å². The summed E-state index contributed by atoms with van der Waals surface area (Å²) in [4.78, 5) is 23.9. The number of hydrogen-bond acceptors (Lipinski definition) is 5. The Hall–Kier alpha value is -2.77. The number of aromatic nitrogens is 2. The number of nitrogens with zero attached hydrogens (tertiary/aromatic N) is 4. The van der Waals surface area contributed by atoms with Gasteiger partial charge in [-0.15, -0.1) is 0 Å². The van der Waals surface area contributed by atoms with Crippen LogP contribution in [0.2, 0.25) is 0 Å². The lowest BCUT2D eigenvalue weighted by Crippen LogP contribution is -2.31. The molecule has 2 aliphatic rings. The largest absolute Gasteiger partial charge is 0.470 e. The first kappa shape index (κ1) is 15.7. The average Bonchev–Trinajstić information content (AvgIpc) is 3.16. The van der Waals surface area contributed by atoms with Gasteiger partial charge in [0.2, 0.25) is 0 Å². The molecule has 0 aliphatic carbocycles. The summed E-state index contributed by atoms with van der Waals surface area (Å²) in [5, 5.41) is 0. The number of carbonyl (C=O) groups excluding carboxylic acids is 1. The van der Waals surface area contributed by atoms with Crippen molar-refractivity contribution in [1.29, 1.82) is 0 Å². The molecule has 0 atom stereocenters. The van der Waals surface area contributed by atoms with E-state index in [4.69, 9.17) is 4.74 Å². The van der Waals surface area contributed by atoms with E-state index in [1.54, 1.807) is 37.4 Å². The van der Waals surface area contributed by atoms with Crippen molar-refractivity contribution in [1.82, 2.24) is 14.9 Å². The van der Waals surface area contributed by atoms with Gasteiger partial charge in [-0.3, -0.25) is 9.69 Å². The Morgan fingerprint density at radius 3 is 2.88 bits per heavy atom. The zero-order valence-electron chi connectivity index (χ0n) is 13.6. The highest BCUT2D eigenvalue weighted by Gasteiger charge is 2.40. The third-order valence-corrected chi connectivity index (χ3v) is 4.34. The molecular weight excluding hydrogens is 330 g/mol. The van der Waals surface area contributed by atoms with E-state index in [1.807, 2.05) is 4.90 Å². The number of alkyl halides is 2. The van der Waals surface area contributed by atoms with E-state index in [-0.39, 0.29) is 19.7 Å². The fraction of sp³-hybridized carbons (Fsp3) is 0.353. The molecule has 25 heavy (non-hydrogen) atoms. The number of aryl methyl sites for hydroxylation is 1. The summed E-state index contributed by atoms with van der Waals surface area (Å²) in [5.41, 5.74) is 1.12. The van der Waals surface area contributed by atoms with Gasteiger partial charge in [-0.2, -0.15) is 0 Å². The predicted octanol–water partition coefficient (Wildman–Crippen LogP) is 2.75. The lowest BCUT2D eigenvalue weighted by atomic mass is 10.1. The Morgan fingerprint density at radius 2 is 2.16 bits per heavy atom. The SMILES string of the molecule is Cc1nccc(N2COc3cc(C(=O)N4CCC(F)(F)C4)ccc32)n1. The van der Waals surface area contributed by atoms with Crippen molar-refractivity contribution in [2.45, 2.75) is 19.3 Å². The number of ether oxygens (including phenoxy) is 1. The zero-order valence-corrected chi connectivity index (χ0v) is 13.6. The minimum absolute atomic E-state index is 0.0656. The molecule has 1 aromatic carbocycles. The van der Waals surface area contributed by atoms with Gasteiger partial charge >= 0.3 is 0 Å². The molecule has 0 unspecified atom stereocenters. The van der Waals surface area contributed by atoms with E-state index in [0.29, 0.717) is 23.0 Å². The van der Waals surface area contributed by atoms with Crippen molar-refractivity contribution in [2.75, 3.05) is 24.7 Å². The van der Waals surface area contributed by atoms with Gasteiger partial charge in [0.25, 0.3) is 11.8 Å². The molecule has 0 N–H and O–H groups in total. The average molecular weight is 346 g/mol. The van der Waals surface area contributed by atoms with Crippen molar-refractivity contribution in [3.05, 3.63) is 41.9 Å². The van der Waals surface area contributed by atoms with Gasteiger partial charge in [0.1, 0.15) is 17.4 Å². The third kappa shape index (κ3) is 2.88. The van der Waals surface area contributed by atoms with Gasteiger partial charge in [-0.1, -0.05) is 0 Å². The maximum Gasteiger partial charge on any atom is 0.267 e. The molecule has 2 aliphatic heterocycles. The molecule has 0 radical (unpaired) electrons. The Kier molecular flexibility index (Phi) is 3.55. The molecule has 0 saturated carbocycles. The smallest absolute Gasteiger partial charge is 0.267 e. The number of rotatable bonds is 2. The number of halogens is 2. The van der Waals surface area contributed by atoms with Crippen LogP contribution in [0.5, 0.6) is 5.75 Å². The maximum atomic E-state index is 13.3. The Morgan fingerprint density at radius 1 is 1.32 bits per heavy atom. The summed E-state index contributed by atoms with van der Waals surface area (Å²) in [5.74, 6) is -1.32. The fourth-order valence-corrected chi connectivity index (χ4v) is 3.06. The molecule has 1 aromatic heterocycles. The van der Waals surface area contributed by atoms with Crippen LogP contribution in [0.25, 0.3) is 0 Å². The van der Waals surface area contributed by atoms with Crippen LogP contribution in [-0.2, 0) is 0 Å². The first-order chi connectivity index (χ1) is 11.9.